The summed E-state index contributed by atoms with van der Waals surface area (Å²) in [5.41, 5.74) is 5.26. The number of rotatable bonds is 5. The second-order valence-electron chi connectivity index (χ2n) is 7.77. The number of nitrogens with one attached hydrogen (secondary N) is 1. The van der Waals surface area contributed by atoms with Gasteiger partial charge in [0.25, 0.3) is 0 Å². The molecule has 1 aliphatic heterocycles. The van der Waals surface area contributed by atoms with Crippen molar-refractivity contribution in [1.82, 2.24) is 9.55 Å². The molecular formula is C26H24N4O. The average molecular weight is 409 g/mol. The van der Waals surface area contributed by atoms with Gasteiger partial charge in [-0.25, -0.2) is 4.98 Å². The summed E-state index contributed by atoms with van der Waals surface area (Å²) in [5, 5.41) is 3.10. The fourth-order valence-corrected chi connectivity index (χ4v) is 4.18. The molecule has 31 heavy (non-hydrogen) atoms. The number of hydrogen-bond donors (Lipinski definition) is 1. The van der Waals surface area contributed by atoms with Gasteiger partial charge in [0.15, 0.2) is 0 Å². The third-order valence-electron chi connectivity index (χ3n) is 5.80. The number of amides is 1. The van der Waals surface area contributed by atoms with Gasteiger partial charge in [0.05, 0.1) is 6.33 Å². The first kappa shape index (κ1) is 19.1. The monoisotopic (exact) mass is 408 g/mol. The molecule has 1 N–H and O–H groups in total. The Morgan fingerprint density at radius 2 is 1.58 bits per heavy atom. The van der Waals surface area contributed by atoms with E-state index in [1.807, 2.05) is 53.2 Å². The van der Waals surface area contributed by atoms with Crippen LogP contribution in [0.2, 0.25) is 0 Å². The van der Waals surface area contributed by atoms with Crippen molar-refractivity contribution >= 4 is 17.3 Å². The summed E-state index contributed by atoms with van der Waals surface area (Å²) in [4.78, 5) is 19.3. The first-order valence-electron chi connectivity index (χ1n) is 10.6. The molecule has 1 aliphatic rings. The average Bonchev–Trinajstić information content (AvgIpc) is 3.53. The Morgan fingerprint density at radius 1 is 0.871 bits per heavy atom. The van der Waals surface area contributed by atoms with Crippen LogP contribution < -0.4 is 10.2 Å². The van der Waals surface area contributed by atoms with Crippen molar-refractivity contribution in [3.05, 3.63) is 97.6 Å². The van der Waals surface area contributed by atoms with E-state index in [2.05, 4.69) is 51.6 Å². The zero-order valence-electron chi connectivity index (χ0n) is 17.2. The minimum absolute atomic E-state index is 0.0450. The molecule has 5 nitrogen and oxygen atoms in total. The summed E-state index contributed by atoms with van der Waals surface area (Å²) < 4.78 is 1.97. The summed E-state index contributed by atoms with van der Waals surface area (Å²) in [5.74, 6) is 0.0450. The van der Waals surface area contributed by atoms with Crippen LogP contribution in [0.4, 0.5) is 11.4 Å². The van der Waals surface area contributed by atoms with E-state index in [1.54, 1.807) is 12.5 Å². The normalized spacial score (nSPS) is 15.7. The van der Waals surface area contributed by atoms with Crippen LogP contribution in [-0.4, -0.2) is 28.0 Å². The topological polar surface area (TPSA) is 50.2 Å². The number of benzene rings is 3. The Bertz CT molecular complexity index is 1140. The van der Waals surface area contributed by atoms with E-state index in [-0.39, 0.29) is 11.9 Å². The van der Waals surface area contributed by atoms with Gasteiger partial charge < -0.3 is 14.8 Å². The van der Waals surface area contributed by atoms with E-state index in [0.29, 0.717) is 0 Å². The molecule has 1 amide bonds. The first-order chi connectivity index (χ1) is 15.3. The molecule has 0 saturated carbocycles. The summed E-state index contributed by atoms with van der Waals surface area (Å²) in [7, 11) is 0. The lowest BCUT2D eigenvalue weighted by Crippen LogP contribution is -2.39. The van der Waals surface area contributed by atoms with Gasteiger partial charge in [-0.1, -0.05) is 42.5 Å². The molecule has 0 spiro atoms. The molecular weight excluding hydrogens is 384 g/mol. The quantitative estimate of drug-likeness (QED) is 0.497. The first-order valence-corrected chi connectivity index (χ1v) is 10.6. The van der Waals surface area contributed by atoms with E-state index in [9.17, 15) is 4.79 Å². The molecule has 4 aromatic rings. The number of carbonyl (C=O) groups is 1. The molecule has 0 bridgehead atoms. The van der Waals surface area contributed by atoms with Gasteiger partial charge in [-0.15, -0.1) is 0 Å². The van der Waals surface area contributed by atoms with Crippen LogP contribution in [0, 0.1) is 0 Å². The van der Waals surface area contributed by atoms with Crippen molar-refractivity contribution < 1.29 is 4.79 Å². The van der Waals surface area contributed by atoms with E-state index in [4.69, 9.17) is 0 Å². The second kappa shape index (κ2) is 8.48. The number of anilines is 2. The maximum atomic E-state index is 13.0. The number of imidazole rings is 1. The molecule has 5 heteroatoms. The Labute approximate surface area is 182 Å². The van der Waals surface area contributed by atoms with Crippen molar-refractivity contribution in [2.24, 2.45) is 0 Å². The lowest BCUT2D eigenvalue weighted by atomic mass is 10.1. The summed E-state index contributed by atoms with van der Waals surface area (Å²) in [6.07, 6.45) is 7.33. The number of aromatic nitrogens is 2. The predicted octanol–water partition coefficient (Wildman–Crippen LogP) is 5.15. The fourth-order valence-electron chi connectivity index (χ4n) is 4.18. The van der Waals surface area contributed by atoms with Crippen LogP contribution in [0.3, 0.4) is 0 Å². The lowest BCUT2D eigenvalue weighted by Gasteiger charge is -2.26. The largest absolute Gasteiger partial charge is 0.360 e. The van der Waals surface area contributed by atoms with Crippen LogP contribution >= 0.6 is 0 Å². The zero-order chi connectivity index (χ0) is 21.0. The molecule has 1 fully saturated rings. The van der Waals surface area contributed by atoms with E-state index in [0.717, 1.165) is 42.0 Å². The van der Waals surface area contributed by atoms with Crippen LogP contribution in [0.25, 0.3) is 16.8 Å². The molecule has 2 heterocycles. The van der Waals surface area contributed by atoms with Gasteiger partial charge in [-0.2, -0.15) is 0 Å². The predicted molar refractivity (Wildman–Crippen MR) is 124 cm³/mol. The number of carbonyl (C=O) groups excluding carboxylic acids is 1. The summed E-state index contributed by atoms with van der Waals surface area (Å²) in [6.45, 7) is 0.884. The van der Waals surface area contributed by atoms with E-state index in [1.165, 1.54) is 5.56 Å². The van der Waals surface area contributed by atoms with E-state index < -0.39 is 0 Å². The highest BCUT2D eigenvalue weighted by atomic mass is 16.2. The molecule has 5 rings (SSSR count). The Hall–Kier alpha value is -3.86. The Kier molecular flexibility index (Phi) is 5.23. The van der Waals surface area contributed by atoms with Crippen molar-refractivity contribution in [2.75, 3.05) is 16.8 Å². The van der Waals surface area contributed by atoms with Crippen molar-refractivity contribution in [1.29, 1.82) is 0 Å². The highest BCUT2D eigenvalue weighted by molar-refractivity contribution is 5.97. The lowest BCUT2D eigenvalue weighted by molar-refractivity contribution is -0.117. The van der Waals surface area contributed by atoms with Crippen molar-refractivity contribution in [3.63, 3.8) is 0 Å². The molecule has 154 valence electrons. The Balaban J connectivity index is 1.27. The highest BCUT2D eigenvalue weighted by Crippen LogP contribution is 2.28. The van der Waals surface area contributed by atoms with Gasteiger partial charge >= 0.3 is 0 Å². The molecule has 1 atom stereocenters. The standard InChI is InChI=1S/C26H24N4O/c31-26(28-22-10-8-21(9-11-22)20-5-2-1-3-6-20)25-7-4-17-30(25)24-14-12-23(13-15-24)29-18-16-27-19-29/h1-3,5-6,8-16,18-19,25H,4,7,17H2,(H,28,31)/t25-/m0/s1. The second-order valence-corrected chi connectivity index (χ2v) is 7.77. The molecule has 1 aromatic heterocycles. The molecule has 1 saturated heterocycles. The third-order valence-corrected chi connectivity index (χ3v) is 5.80. The van der Waals surface area contributed by atoms with Crippen LogP contribution in [-0.2, 0) is 4.79 Å². The molecule has 0 unspecified atom stereocenters. The number of nitrogens with zero attached hydrogens (tertiary/aromatic N) is 3. The number of hydrogen-bond acceptors (Lipinski definition) is 3. The minimum atomic E-state index is -0.159. The zero-order valence-corrected chi connectivity index (χ0v) is 17.2. The van der Waals surface area contributed by atoms with Gasteiger partial charge in [0.2, 0.25) is 5.91 Å². The third kappa shape index (κ3) is 4.08. The SMILES string of the molecule is O=C(Nc1ccc(-c2ccccc2)cc1)[C@@H]1CCCN1c1ccc(-n2ccnc2)cc1. The van der Waals surface area contributed by atoms with Crippen LogP contribution in [0.15, 0.2) is 97.6 Å². The van der Waals surface area contributed by atoms with Gasteiger partial charge in [0.1, 0.15) is 6.04 Å². The van der Waals surface area contributed by atoms with Gasteiger partial charge in [-0.05, 0) is 60.4 Å². The summed E-state index contributed by atoms with van der Waals surface area (Å²) in [6, 6.07) is 26.4. The molecule has 0 aliphatic carbocycles. The van der Waals surface area contributed by atoms with Crippen molar-refractivity contribution in [3.8, 4) is 16.8 Å². The van der Waals surface area contributed by atoms with Crippen LogP contribution in [0.5, 0.6) is 0 Å². The maximum absolute atomic E-state index is 13.0. The Morgan fingerprint density at radius 3 is 2.29 bits per heavy atom. The van der Waals surface area contributed by atoms with Crippen molar-refractivity contribution in [2.45, 2.75) is 18.9 Å². The molecule has 3 aromatic carbocycles. The van der Waals surface area contributed by atoms with E-state index >= 15 is 0 Å². The highest BCUT2D eigenvalue weighted by Gasteiger charge is 2.31. The van der Waals surface area contributed by atoms with Gasteiger partial charge in [-0.3, -0.25) is 4.79 Å². The fraction of sp³-hybridized carbons (Fsp3) is 0.154. The van der Waals surface area contributed by atoms with Gasteiger partial charge in [0, 0.05) is 36.0 Å². The smallest absolute Gasteiger partial charge is 0.247 e. The van der Waals surface area contributed by atoms with Crippen LogP contribution in [0.1, 0.15) is 12.8 Å². The minimum Gasteiger partial charge on any atom is -0.360 e. The molecule has 0 radical (unpaired) electrons. The maximum Gasteiger partial charge on any atom is 0.247 e. The summed E-state index contributed by atoms with van der Waals surface area (Å²) >= 11 is 0.